The van der Waals surface area contributed by atoms with E-state index in [0.717, 1.165) is 45.2 Å². The molecule has 220 valence electrons. The maximum absolute atomic E-state index is 6.39. The second-order valence-corrected chi connectivity index (χ2v) is 13.0. The van der Waals surface area contributed by atoms with Gasteiger partial charge in [-0.1, -0.05) is 91.0 Å². The molecule has 0 bridgehead atoms. The Hall–Kier alpha value is -5.97. The summed E-state index contributed by atoms with van der Waals surface area (Å²) in [5, 5.41) is 5.00. The van der Waals surface area contributed by atoms with Gasteiger partial charge in [0.2, 0.25) is 5.89 Å². The van der Waals surface area contributed by atoms with Crippen molar-refractivity contribution in [1.29, 1.82) is 0 Å². The molecule has 2 aromatic heterocycles. The van der Waals surface area contributed by atoms with Crippen LogP contribution in [0.1, 0.15) is 0 Å². The Labute approximate surface area is 275 Å². The first-order valence-corrected chi connectivity index (χ1v) is 16.6. The van der Waals surface area contributed by atoms with Crippen LogP contribution < -0.4 is 4.90 Å². The average molecular weight is 619 g/mol. The van der Waals surface area contributed by atoms with Gasteiger partial charge in [0.15, 0.2) is 5.76 Å². The summed E-state index contributed by atoms with van der Waals surface area (Å²) in [6.45, 7) is 0. The van der Waals surface area contributed by atoms with Crippen molar-refractivity contribution in [1.82, 2.24) is 4.98 Å². The smallest absolute Gasteiger partial charge is 0.227 e. The SMILES string of the molecule is c1ccc(-c2nc3c(o2)-c2ccc(-c4ccc(N(c5ccccc5)c5ccc6sc7ccccc7c6c5)cc4)c4cccc-3c24)cc1. The van der Waals surface area contributed by atoms with Gasteiger partial charge in [0.1, 0.15) is 5.69 Å². The third kappa shape index (κ3) is 4.09. The van der Waals surface area contributed by atoms with Crippen LogP contribution in [-0.2, 0) is 0 Å². The van der Waals surface area contributed by atoms with Gasteiger partial charge in [-0.15, -0.1) is 11.3 Å². The molecule has 0 amide bonds. The molecule has 0 saturated carbocycles. The topological polar surface area (TPSA) is 29.3 Å². The van der Waals surface area contributed by atoms with E-state index in [1.807, 2.05) is 41.7 Å². The fourth-order valence-electron chi connectivity index (χ4n) is 7.10. The minimum absolute atomic E-state index is 0.659. The fraction of sp³-hybridized carbons (Fsp3) is 0. The second kappa shape index (κ2) is 10.3. The van der Waals surface area contributed by atoms with Gasteiger partial charge in [-0.05, 0) is 83.2 Å². The Morgan fingerprint density at radius 1 is 0.468 bits per heavy atom. The summed E-state index contributed by atoms with van der Waals surface area (Å²) in [6, 6.07) is 56.1. The van der Waals surface area contributed by atoms with E-state index in [2.05, 4.69) is 132 Å². The highest BCUT2D eigenvalue weighted by Gasteiger charge is 2.29. The van der Waals surface area contributed by atoms with Crippen LogP contribution in [0.2, 0.25) is 0 Å². The summed E-state index contributed by atoms with van der Waals surface area (Å²) in [5.41, 5.74) is 9.89. The molecule has 7 aromatic carbocycles. The maximum atomic E-state index is 6.39. The Balaban J connectivity index is 1.06. The molecule has 2 heterocycles. The van der Waals surface area contributed by atoms with Crippen LogP contribution >= 0.6 is 11.3 Å². The van der Waals surface area contributed by atoms with Crippen LogP contribution in [0.4, 0.5) is 17.1 Å². The molecule has 0 spiro atoms. The van der Waals surface area contributed by atoms with Crippen molar-refractivity contribution in [3.05, 3.63) is 158 Å². The number of nitrogens with zero attached hydrogens (tertiary/aromatic N) is 2. The monoisotopic (exact) mass is 618 g/mol. The Morgan fingerprint density at radius 3 is 2.00 bits per heavy atom. The number of fused-ring (bicyclic) bond motifs is 6. The van der Waals surface area contributed by atoms with Crippen molar-refractivity contribution in [3.8, 4) is 45.2 Å². The van der Waals surface area contributed by atoms with Crippen LogP contribution in [0.3, 0.4) is 0 Å². The molecule has 47 heavy (non-hydrogen) atoms. The lowest BCUT2D eigenvalue weighted by atomic mass is 9.94. The lowest BCUT2D eigenvalue weighted by Gasteiger charge is -2.26. The minimum atomic E-state index is 0.659. The molecule has 1 aliphatic rings. The van der Waals surface area contributed by atoms with Gasteiger partial charge in [0.05, 0.1) is 0 Å². The third-order valence-electron chi connectivity index (χ3n) is 9.26. The fourth-order valence-corrected chi connectivity index (χ4v) is 8.19. The van der Waals surface area contributed by atoms with E-state index in [4.69, 9.17) is 9.40 Å². The molecule has 0 N–H and O–H groups in total. The highest BCUT2D eigenvalue weighted by atomic mass is 32.1. The molecule has 0 unspecified atom stereocenters. The predicted molar refractivity (Wildman–Crippen MR) is 197 cm³/mol. The van der Waals surface area contributed by atoms with Crippen LogP contribution in [0, 0.1) is 0 Å². The summed E-state index contributed by atoms with van der Waals surface area (Å²) >= 11 is 1.85. The van der Waals surface area contributed by atoms with Gasteiger partial charge >= 0.3 is 0 Å². The number of rotatable bonds is 5. The molecule has 4 heteroatoms. The van der Waals surface area contributed by atoms with Crippen LogP contribution in [0.15, 0.2) is 162 Å². The second-order valence-electron chi connectivity index (χ2n) is 11.9. The average Bonchev–Trinajstić information content (AvgIpc) is 3.82. The number of para-hydroxylation sites is 1. The number of aromatic nitrogens is 1. The van der Waals surface area contributed by atoms with E-state index < -0.39 is 0 Å². The lowest BCUT2D eigenvalue weighted by molar-refractivity contribution is 0.590. The summed E-state index contributed by atoms with van der Waals surface area (Å²) in [6.07, 6.45) is 0. The predicted octanol–water partition coefficient (Wildman–Crippen LogP) is 12.6. The highest BCUT2D eigenvalue weighted by molar-refractivity contribution is 7.25. The van der Waals surface area contributed by atoms with Crippen molar-refractivity contribution in [3.63, 3.8) is 0 Å². The van der Waals surface area contributed by atoms with Crippen molar-refractivity contribution in [2.24, 2.45) is 0 Å². The normalized spacial score (nSPS) is 11.8. The van der Waals surface area contributed by atoms with E-state index in [0.29, 0.717) is 5.89 Å². The number of oxazole rings is 1. The van der Waals surface area contributed by atoms with Crippen molar-refractivity contribution in [2.75, 3.05) is 4.90 Å². The molecule has 0 aliphatic heterocycles. The van der Waals surface area contributed by atoms with E-state index in [9.17, 15) is 0 Å². The number of hydrogen-bond acceptors (Lipinski definition) is 4. The van der Waals surface area contributed by atoms with Crippen molar-refractivity contribution >= 4 is 59.3 Å². The van der Waals surface area contributed by atoms with Gasteiger partial charge in [-0.3, -0.25) is 0 Å². The summed E-state index contributed by atoms with van der Waals surface area (Å²) < 4.78 is 9.01. The van der Waals surface area contributed by atoms with E-state index in [1.165, 1.54) is 42.1 Å². The van der Waals surface area contributed by atoms with E-state index in [-0.39, 0.29) is 0 Å². The number of anilines is 3. The number of thiophene rings is 1. The van der Waals surface area contributed by atoms with Crippen LogP contribution in [-0.4, -0.2) is 4.98 Å². The molecule has 3 nitrogen and oxygen atoms in total. The zero-order chi connectivity index (χ0) is 30.9. The molecule has 1 aliphatic carbocycles. The lowest BCUT2D eigenvalue weighted by Crippen LogP contribution is -2.09. The molecular weight excluding hydrogens is 593 g/mol. The van der Waals surface area contributed by atoms with Crippen LogP contribution in [0.5, 0.6) is 0 Å². The quantitative estimate of drug-likeness (QED) is 0.192. The van der Waals surface area contributed by atoms with Crippen LogP contribution in [0.25, 0.3) is 76.1 Å². The standard InChI is InChI=1S/C43H26N2OS/c1-3-10-28(11-4-1)43-44-41-35-16-9-15-34-32(23-24-36(40(34)35)42(41)46-43)27-18-20-30(21-19-27)45(29-12-5-2-6-13-29)31-22-25-39-37(26-31)33-14-7-8-17-38(33)47-39/h1-26H. The first-order chi connectivity index (χ1) is 23.3. The summed E-state index contributed by atoms with van der Waals surface area (Å²) in [7, 11) is 0. The maximum Gasteiger partial charge on any atom is 0.227 e. The molecule has 9 aromatic rings. The molecule has 0 atom stereocenters. The largest absolute Gasteiger partial charge is 0.435 e. The highest BCUT2D eigenvalue weighted by Crippen LogP contribution is 2.50. The van der Waals surface area contributed by atoms with Crippen molar-refractivity contribution in [2.45, 2.75) is 0 Å². The van der Waals surface area contributed by atoms with E-state index in [1.54, 1.807) is 0 Å². The van der Waals surface area contributed by atoms with Gasteiger partial charge in [0, 0.05) is 59.3 Å². The molecule has 0 fully saturated rings. The third-order valence-corrected chi connectivity index (χ3v) is 10.4. The number of benzene rings is 7. The zero-order valence-corrected chi connectivity index (χ0v) is 26.0. The van der Waals surface area contributed by atoms with Gasteiger partial charge in [-0.2, -0.15) is 0 Å². The first kappa shape index (κ1) is 26.3. The van der Waals surface area contributed by atoms with Crippen molar-refractivity contribution < 1.29 is 4.42 Å². The minimum Gasteiger partial charge on any atom is -0.435 e. The van der Waals surface area contributed by atoms with E-state index >= 15 is 0 Å². The van der Waals surface area contributed by atoms with Gasteiger partial charge in [0.25, 0.3) is 0 Å². The van der Waals surface area contributed by atoms with Gasteiger partial charge in [-0.25, -0.2) is 4.98 Å². The van der Waals surface area contributed by atoms with Gasteiger partial charge < -0.3 is 9.32 Å². The Morgan fingerprint density at radius 2 is 1.15 bits per heavy atom. The molecule has 0 radical (unpaired) electrons. The Kier molecular flexibility index (Phi) is 5.74. The molecule has 0 saturated heterocycles. The first-order valence-electron chi connectivity index (χ1n) is 15.8. The Bertz CT molecular complexity index is 2590. The summed E-state index contributed by atoms with van der Waals surface area (Å²) in [4.78, 5) is 7.30. The number of hydrogen-bond donors (Lipinski definition) is 0. The molecular formula is C43H26N2OS. The zero-order valence-electron chi connectivity index (χ0n) is 25.2. The summed E-state index contributed by atoms with van der Waals surface area (Å²) in [5.74, 6) is 1.51. The molecule has 10 rings (SSSR count).